The number of hydrogen-bond acceptors (Lipinski definition) is 3. The predicted octanol–water partition coefficient (Wildman–Crippen LogP) is 4.03. The van der Waals surface area contributed by atoms with Gasteiger partial charge in [-0.25, -0.2) is 0 Å². The molecule has 0 atom stereocenters. The second kappa shape index (κ2) is 9.05. The van der Waals surface area contributed by atoms with Crippen LogP contribution in [0.25, 0.3) is 0 Å². The predicted molar refractivity (Wildman–Crippen MR) is 80.4 cm³/mol. The first kappa shape index (κ1) is 16.1. The van der Waals surface area contributed by atoms with Crippen LogP contribution in [0.15, 0.2) is 12.1 Å². The van der Waals surface area contributed by atoms with Crippen LogP contribution < -0.4 is 14.8 Å². The van der Waals surface area contributed by atoms with E-state index in [1.807, 2.05) is 13.1 Å². The number of methoxy groups -OCH3 is 1. The molecule has 0 radical (unpaired) electrons. The van der Waals surface area contributed by atoms with E-state index in [2.05, 4.69) is 12.2 Å². The lowest BCUT2D eigenvalue weighted by Gasteiger charge is -2.15. The summed E-state index contributed by atoms with van der Waals surface area (Å²) in [5.74, 6) is 1.51. The van der Waals surface area contributed by atoms with Gasteiger partial charge in [-0.2, -0.15) is 0 Å². The van der Waals surface area contributed by atoms with Gasteiger partial charge in [-0.1, -0.05) is 37.8 Å². The Hall–Kier alpha value is -0.930. The van der Waals surface area contributed by atoms with Gasteiger partial charge in [0.15, 0.2) is 11.5 Å². The van der Waals surface area contributed by atoms with Crippen LogP contribution in [0.1, 0.15) is 38.2 Å². The van der Waals surface area contributed by atoms with Gasteiger partial charge in [0.1, 0.15) is 0 Å². The van der Waals surface area contributed by atoms with Crippen LogP contribution in [-0.4, -0.2) is 20.8 Å². The maximum Gasteiger partial charge on any atom is 0.165 e. The fourth-order valence-corrected chi connectivity index (χ4v) is 2.19. The van der Waals surface area contributed by atoms with Gasteiger partial charge < -0.3 is 14.8 Å². The number of nitrogens with one attached hydrogen (secondary N) is 1. The molecule has 0 bridgehead atoms. The van der Waals surface area contributed by atoms with E-state index >= 15 is 0 Å². The van der Waals surface area contributed by atoms with Gasteiger partial charge in [0.05, 0.1) is 13.7 Å². The van der Waals surface area contributed by atoms with Crippen LogP contribution in [-0.2, 0) is 6.54 Å². The molecule has 1 rings (SSSR count). The zero-order valence-corrected chi connectivity index (χ0v) is 12.8. The van der Waals surface area contributed by atoms with Crippen molar-refractivity contribution in [1.82, 2.24) is 5.32 Å². The summed E-state index contributed by atoms with van der Waals surface area (Å²) in [6.07, 6.45) is 4.76. The lowest BCUT2D eigenvalue weighted by Crippen LogP contribution is -2.09. The third-order valence-electron chi connectivity index (χ3n) is 2.93. The molecule has 0 fully saturated rings. The molecular formula is C15H24ClNO2. The minimum absolute atomic E-state index is 0.667. The molecule has 0 aliphatic heterocycles. The first-order valence-electron chi connectivity index (χ1n) is 6.86. The first-order chi connectivity index (χ1) is 9.22. The molecule has 0 saturated carbocycles. The second-order valence-electron chi connectivity index (χ2n) is 4.54. The topological polar surface area (TPSA) is 30.5 Å². The summed E-state index contributed by atoms with van der Waals surface area (Å²) < 4.78 is 11.2. The van der Waals surface area contributed by atoms with E-state index in [1.165, 1.54) is 19.3 Å². The molecule has 3 nitrogen and oxygen atoms in total. The Morgan fingerprint density at radius 2 is 2.00 bits per heavy atom. The maximum absolute atomic E-state index is 6.08. The SMILES string of the molecule is CCCCCCOc1c(CNC)cc(Cl)cc1OC. The highest BCUT2D eigenvalue weighted by molar-refractivity contribution is 6.30. The molecular weight excluding hydrogens is 262 g/mol. The van der Waals surface area contributed by atoms with E-state index in [0.717, 1.165) is 17.7 Å². The van der Waals surface area contributed by atoms with E-state index in [4.69, 9.17) is 21.1 Å². The lowest BCUT2D eigenvalue weighted by atomic mass is 10.1. The van der Waals surface area contributed by atoms with E-state index in [1.54, 1.807) is 13.2 Å². The number of hydrogen-bond donors (Lipinski definition) is 1. The third-order valence-corrected chi connectivity index (χ3v) is 3.15. The number of rotatable bonds is 9. The average molecular weight is 286 g/mol. The Kier molecular flexibility index (Phi) is 7.68. The van der Waals surface area contributed by atoms with Gasteiger partial charge >= 0.3 is 0 Å². The van der Waals surface area contributed by atoms with Crippen LogP contribution >= 0.6 is 11.6 Å². The fourth-order valence-electron chi connectivity index (χ4n) is 1.96. The van der Waals surface area contributed by atoms with Crippen molar-refractivity contribution < 1.29 is 9.47 Å². The highest BCUT2D eigenvalue weighted by atomic mass is 35.5. The van der Waals surface area contributed by atoms with Crippen LogP contribution in [0.2, 0.25) is 5.02 Å². The quantitative estimate of drug-likeness (QED) is 0.695. The van der Waals surface area contributed by atoms with Crippen LogP contribution in [0.5, 0.6) is 11.5 Å². The largest absolute Gasteiger partial charge is 0.493 e. The number of halogens is 1. The summed E-state index contributed by atoms with van der Waals surface area (Å²) in [5, 5.41) is 3.79. The van der Waals surface area contributed by atoms with Gasteiger partial charge in [-0.3, -0.25) is 0 Å². The smallest absolute Gasteiger partial charge is 0.165 e. The Balaban J connectivity index is 2.72. The minimum atomic E-state index is 0.667. The highest BCUT2D eigenvalue weighted by Gasteiger charge is 2.12. The molecule has 4 heteroatoms. The van der Waals surface area contributed by atoms with E-state index in [0.29, 0.717) is 23.9 Å². The molecule has 19 heavy (non-hydrogen) atoms. The number of ether oxygens (including phenoxy) is 2. The fraction of sp³-hybridized carbons (Fsp3) is 0.600. The average Bonchev–Trinajstić information content (AvgIpc) is 2.40. The lowest BCUT2D eigenvalue weighted by molar-refractivity contribution is 0.282. The van der Waals surface area contributed by atoms with E-state index < -0.39 is 0 Å². The van der Waals surface area contributed by atoms with E-state index in [-0.39, 0.29) is 0 Å². The monoisotopic (exact) mass is 285 g/mol. The summed E-state index contributed by atoms with van der Waals surface area (Å²) in [6.45, 7) is 3.63. The number of benzene rings is 1. The second-order valence-corrected chi connectivity index (χ2v) is 4.97. The van der Waals surface area contributed by atoms with Crippen molar-refractivity contribution in [2.45, 2.75) is 39.2 Å². The van der Waals surface area contributed by atoms with Crippen LogP contribution in [0, 0.1) is 0 Å². The summed E-state index contributed by atoms with van der Waals surface area (Å²) in [6, 6.07) is 3.71. The molecule has 0 aliphatic rings. The van der Waals surface area contributed by atoms with Crippen LogP contribution in [0.3, 0.4) is 0 Å². The number of unbranched alkanes of at least 4 members (excludes halogenated alkanes) is 3. The molecule has 108 valence electrons. The van der Waals surface area contributed by atoms with Crippen molar-refractivity contribution in [3.8, 4) is 11.5 Å². The zero-order valence-electron chi connectivity index (χ0n) is 12.1. The third kappa shape index (κ3) is 5.29. The Morgan fingerprint density at radius 3 is 2.63 bits per heavy atom. The van der Waals surface area contributed by atoms with Crippen molar-refractivity contribution in [1.29, 1.82) is 0 Å². The van der Waals surface area contributed by atoms with Gasteiger partial charge in [-0.05, 0) is 19.5 Å². The zero-order chi connectivity index (χ0) is 14.1. The van der Waals surface area contributed by atoms with Crippen LogP contribution in [0.4, 0.5) is 0 Å². The summed E-state index contributed by atoms with van der Waals surface area (Å²) >= 11 is 6.08. The van der Waals surface area contributed by atoms with Crippen molar-refractivity contribution in [3.05, 3.63) is 22.7 Å². The minimum Gasteiger partial charge on any atom is -0.493 e. The molecule has 0 aromatic heterocycles. The molecule has 0 aliphatic carbocycles. The Morgan fingerprint density at radius 1 is 1.21 bits per heavy atom. The van der Waals surface area contributed by atoms with Crippen molar-refractivity contribution in [2.75, 3.05) is 20.8 Å². The molecule has 0 spiro atoms. The standard InChI is InChI=1S/C15H24ClNO2/c1-4-5-6-7-8-19-15-12(11-17-2)9-13(16)10-14(15)18-3/h9-10,17H,4-8,11H2,1-3H3. The normalized spacial score (nSPS) is 10.5. The molecule has 0 amide bonds. The summed E-state index contributed by atoms with van der Waals surface area (Å²) in [7, 11) is 3.54. The van der Waals surface area contributed by atoms with Gasteiger partial charge in [-0.15, -0.1) is 0 Å². The Labute approximate surface area is 121 Å². The van der Waals surface area contributed by atoms with Crippen molar-refractivity contribution >= 4 is 11.6 Å². The van der Waals surface area contributed by atoms with Gasteiger partial charge in [0, 0.05) is 23.2 Å². The molecule has 0 saturated heterocycles. The van der Waals surface area contributed by atoms with E-state index in [9.17, 15) is 0 Å². The molecule has 1 aromatic rings. The van der Waals surface area contributed by atoms with Gasteiger partial charge in [0.2, 0.25) is 0 Å². The molecule has 0 heterocycles. The van der Waals surface area contributed by atoms with Crippen molar-refractivity contribution in [3.63, 3.8) is 0 Å². The van der Waals surface area contributed by atoms with Crippen molar-refractivity contribution in [2.24, 2.45) is 0 Å². The summed E-state index contributed by atoms with van der Waals surface area (Å²) in [5.41, 5.74) is 1.03. The summed E-state index contributed by atoms with van der Waals surface area (Å²) in [4.78, 5) is 0. The molecule has 1 aromatic carbocycles. The molecule has 0 unspecified atom stereocenters. The highest BCUT2D eigenvalue weighted by Crippen LogP contribution is 2.34. The Bertz CT molecular complexity index is 383. The molecule has 1 N–H and O–H groups in total. The first-order valence-corrected chi connectivity index (χ1v) is 7.24. The maximum atomic E-state index is 6.08. The van der Waals surface area contributed by atoms with Gasteiger partial charge in [0.25, 0.3) is 0 Å².